The van der Waals surface area contributed by atoms with Crippen LogP contribution in [0, 0.1) is 11.8 Å². The lowest BCUT2D eigenvalue weighted by molar-refractivity contribution is -0.160. The molecule has 94 valence electrons. The number of rotatable bonds is 4. The summed E-state index contributed by atoms with van der Waals surface area (Å²) < 4.78 is 6.32. The molecule has 3 nitrogen and oxygen atoms in total. The monoisotopic (exact) mass is 318 g/mol. The zero-order valence-electron chi connectivity index (χ0n) is 9.77. The Labute approximate surface area is 113 Å². The van der Waals surface area contributed by atoms with Crippen molar-refractivity contribution in [2.45, 2.75) is 19.3 Å². The molecule has 1 saturated heterocycles. The van der Waals surface area contributed by atoms with Crippen molar-refractivity contribution in [1.82, 2.24) is 0 Å². The number of ether oxygens (including phenoxy) is 1. The standard InChI is InChI=1S/C12H15BrO3S/c1-7(2)10(11(14)15)12(5-16-6-12)9-3-8(13)4-17-9/h3-4,7,10H,5-6H2,1-2H3,(H,14,15). The zero-order chi connectivity index (χ0) is 12.6. The molecule has 1 atom stereocenters. The number of hydrogen-bond acceptors (Lipinski definition) is 3. The fraction of sp³-hybridized carbons (Fsp3) is 0.583. The van der Waals surface area contributed by atoms with Crippen molar-refractivity contribution < 1.29 is 14.6 Å². The smallest absolute Gasteiger partial charge is 0.307 e. The SMILES string of the molecule is CC(C)C(C(=O)O)C1(c2cc(Br)cs2)COC1. The van der Waals surface area contributed by atoms with Crippen molar-refractivity contribution in [3.8, 4) is 0 Å². The molecule has 0 bridgehead atoms. The maximum atomic E-state index is 11.5. The first-order chi connectivity index (χ1) is 7.97. The minimum absolute atomic E-state index is 0.0947. The summed E-state index contributed by atoms with van der Waals surface area (Å²) in [6, 6.07) is 2.02. The van der Waals surface area contributed by atoms with E-state index >= 15 is 0 Å². The van der Waals surface area contributed by atoms with Gasteiger partial charge in [0.1, 0.15) is 0 Å². The van der Waals surface area contributed by atoms with Crippen LogP contribution < -0.4 is 0 Å². The first-order valence-corrected chi connectivity index (χ1v) is 7.20. The van der Waals surface area contributed by atoms with Gasteiger partial charge in [-0.05, 0) is 27.9 Å². The van der Waals surface area contributed by atoms with E-state index in [2.05, 4.69) is 15.9 Å². The quantitative estimate of drug-likeness (QED) is 0.927. The molecule has 17 heavy (non-hydrogen) atoms. The maximum Gasteiger partial charge on any atom is 0.307 e. The highest BCUT2D eigenvalue weighted by Gasteiger charge is 2.52. The average molecular weight is 319 g/mol. The molecule has 1 unspecified atom stereocenters. The minimum atomic E-state index is -0.729. The number of aliphatic carboxylic acids is 1. The van der Waals surface area contributed by atoms with E-state index in [1.807, 2.05) is 25.3 Å². The van der Waals surface area contributed by atoms with E-state index in [0.717, 1.165) is 9.35 Å². The Hall–Kier alpha value is -0.390. The highest BCUT2D eigenvalue weighted by Crippen LogP contribution is 2.46. The summed E-state index contributed by atoms with van der Waals surface area (Å²) in [6.45, 7) is 4.94. The highest BCUT2D eigenvalue weighted by atomic mass is 79.9. The number of hydrogen-bond donors (Lipinski definition) is 1. The third kappa shape index (κ3) is 2.16. The third-order valence-electron chi connectivity index (χ3n) is 3.31. The number of carboxylic acids is 1. The first-order valence-electron chi connectivity index (χ1n) is 5.52. The van der Waals surface area contributed by atoms with Gasteiger partial charge < -0.3 is 9.84 Å². The van der Waals surface area contributed by atoms with Crippen LogP contribution in [-0.4, -0.2) is 24.3 Å². The summed E-state index contributed by atoms with van der Waals surface area (Å²) in [5, 5.41) is 11.4. The molecule has 0 radical (unpaired) electrons. The van der Waals surface area contributed by atoms with Crippen molar-refractivity contribution in [2.24, 2.45) is 11.8 Å². The highest BCUT2D eigenvalue weighted by molar-refractivity contribution is 9.10. The van der Waals surface area contributed by atoms with E-state index in [9.17, 15) is 9.90 Å². The lowest BCUT2D eigenvalue weighted by Crippen LogP contribution is -2.56. The van der Waals surface area contributed by atoms with Crippen molar-refractivity contribution in [1.29, 1.82) is 0 Å². The van der Waals surface area contributed by atoms with Gasteiger partial charge in [0.25, 0.3) is 0 Å². The summed E-state index contributed by atoms with van der Waals surface area (Å²) in [5.74, 6) is -1.02. The maximum absolute atomic E-state index is 11.5. The Balaban J connectivity index is 2.39. The molecule has 1 aliphatic heterocycles. The van der Waals surface area contributed by atoms with E-state index in [1.54, 1.807) is 11.3 Å². The molecule has 5 heteroatoms. The molecule has 0 spiro atoms. The second kappa shape index (κ2) is 4.71. The summed E-state index contributed by atoms with van der Waals surface area (Å²) in [5.41, 5.74) is -0.337. The molecule has 0 amide bonds. The predicted molar refractivity (Wildman–Crippen MR) is 70.5 cm³/mol. The van der Waals surface area contributed by atoms with Crippen LogP contribution in [0.25, 0.3) is 0 Å². The molecule has 1 aromatic heterocycles. The second-order valence-electron chi connectivity index (χ2n) is 4.84. The number of carboxylic acid groups (broad SMARTS) is 1. The summed E-state index contributed by atoms with van der Waals surface area (Å²) in [6.07, 6.45) is 0. The van der Waals surface area contributed by atoms with Crippen LogP contribution in [0.1, 0.15) is 18.7 Å². The third-order valence-corrected chi connectivity index (χ3v) is 5.22. The van der Waals surface area contributed by atoms with Gasteiger partial charge in [-0.15, -0.1) is 11.3 Å². The Kier molecular flexibility index (Phi) is 3.61. The fourth-order valence-electron chi connectivity index (χ4n) is 2.53. The second-order valence-corrected chi connectivity index (χ2v) is 6.66. The molecular weight excluding hydrogens is 304 g/mol. The van der Waals surface area contributed by atoms with Crippen LogP contribution in [-0.2, 0) is 14.9 Å². The summed E-state index contributed by atoms with van der Waals surface area (Å²) in [7, 11) is 0. The van der Waals surface area contributed by atoms with Gasteiger partial charge in [-0.3, -0.25) is 4.79 Å². The van der Waals surface area contributed by atoms with Crippen LogP contribution in [0.4, 0.5) is 0 Å². The van der Waals surface area contributed by atoms with Gasteiger partial charge >= 0.3 is 5.97 Å². The largest absolute Gasteiger partial charge is 0.481 e. The Morgan fingerprint density at radius 1 is 1.59 bits per heavy atom. The molecule has 2 heterocycles. The number of carbonyl (C=O) groups is 1. The van der Waals surface area contributed by atoms with E-state index in [-0.39, 0.29) is 17.3 Å². The van der Waals surface area contributed by atoms with Crippen LogP contribution >= 0.6 is 27.3 Å². The van der Waals surface area contributed by atoms with Crippen LogP contribution in [0.2, 0.25) is 0 Å². The number of halogens is 1. The van der Waals surface area contributed by atoms with Crippen molar-refractivity contribution in [3.05, 3.63) is 20.8 Å². The lowest BCUT2D eigenvalue weighted by Gasteiger charge is -2.46. The molecule has 0 aromatic carbocycles. The van der Waals surface area contributed by atoms with Gasteiger partial charge in [0.15, 0.2) is 0 Å². The molecule has 1 aliphatic rings. The minimum Gasteiger partial charge on any atom is -0.481 e. The summed E-state index contributed by atoms with van der Waals surface area (Å²) >= 11 is 5.03. The average Bonchev–Trinajstić information content (AvgIpc) is 2.56. The van der Waals surface area contributed by atoms with Gasteiger partial charge in [0.2, 0.25) is 0 Å². The van der Waals surface area contributed by atoms with Gasteiger partial charge in [-0.2, -0.15) is 0 Å². The van der Waals surface area contributed by atoms with E-state index < -0.39 is 5.97 Å². The first kappa shape index (κ1) is 13.1. The van der Waals surface area contributed by atoms with Gasteiger partial charge in [-0.1, -0.05) is 13.8 Å². The van der Waals surface area contributed by atoms with Gasteiger partial charge in [-0.25, -0.2) is 0 Å². The van der Waals surface area contributed by atoms with Crippen molar-refractivity contribution in [2.75, 3.05) is 13.2 Å². The predicted octanol–water partition coefficient (Wildman–Crippen LogP) is 3.14. The Morgan fingerprint density at radius 3 is 2.53 bits per heavy atom. The molecule has 0 saturated carbocycles. The van der Waals surface area contributed by atoms with E-state index in [4.69, 9.17) is 4.74 Å². The van der Waals surface area contributed by atoms with Crippen LogP contribution in [0.5, 0.6) is 0 Å². The summed E-state index contributed by atoms with van der Waals surface area (Å²) in [4.78, 5) is 12.6. The Bertz CT molecular complexity index is 423. The fourth-order valence-corrected chi connectivity index (χ4v) is 4.17. The van der Waals surface area contributed by atoms with Crippen LogP contribution in [0.3, 0.4) is 0 Å². The van der Waals surface area contributed by atoms with E-state index in [0.29, 0.717) is 13.2 Å². The molecule has 1 N–H and O–H groups in total. The molecular formula is C12H15BrO3S. The van der Waals surface area contributed by atoms with Crippen molar-refractivity contribution >= 4 is 33.2 Å². The normalized spacial score (nSPS) is 20.0. The number of thiophene rings is 1. The van der Waals surface area contributed by atoms with Gasteiger partial charge in [0.05, 0.1) is 24.5 Å². The Morgan fingerprint density at radius 2 is 2.24 bits per heavy atom. The molecule has 1 aromatic rings. The van der Waals surface area contributed by atoms with E-state index in [1.165, 1.54) is 0 Å². The topological polar surface area (TPSA) is 46.5 Å². The van der Waals surface area contributed by atoms with Crippen LogP contribution in [0.15, 0.2) is 15.9 Å². The molecule has 0 aliphatic carbocycles. The van der Waals surface area contributed by atoms with Crippen molar-refractivity contribution in [3.63, 3.8) is 0 Å². The lowest BCUT2D eigenvalue weighted by atomic mass is 9.68. The molecule has 2 rings (SSSR count). The zero-order valence-corrected chi connectivity index (χ0v) is 12.2. The van der Waals surface area contributed by atoms with Gasteiger partial charge in [0, 0.05) is 14.7 Å². The molecule has 1 fully saturated rings.